The molecule has 0 atom stereocenters. The van der Waals surface area contributed by atoms with Gasteiger partial charge in [-0.2, -0.15) is 13.2 Å². The van der Waals surface area contributed by atoms with Crippen molar-refractivity contribution in [2.75, 3.05) is 0 Å². The Hall–Kier alpha value is -2.37. The van der Waals surface area contributed by atoms with Crippen LogP contribution in [-0.2, 0) is 17.6 Å². The van der Waals surface area contributed by atoms with Crippen molar-refractivity contribution in [2.24, 2.45) is 5.16 Å². The first-order valence-corrected chi connectivity index (χ1v) is 6.03. The van der Waals surface area contributed by atoms with E-state index in [9.17, 15) is 17.6 Å². The maximum Gasteiger partial charge on any atom is 0.417 e. The predicted molar refractivity (Wildman–Crippen MR) is 70.2 cm³/mol. The maximum atomic E-state index is 13.3. The molecule has 2 aromatic rings. The van der Waals surface area contributed by atoms with Crippen LogP contribution in [0.4, 0.5) is 17.6 Å². The van der Waals surface area contributed by atoms with Gasteiger partial charge in [-0.25, -0.2) is 4.39 Å². The number of nitrogens with zero attached hydrogens (tertiary/aromatic N) is 1. The summed E-state index contributed by atoms with van der Waals surface area (Å²) in [6.45, 7) is -0.155. The van der Waals surface area contributed by atoms with E-state index in [0.717, 1.165) is 12.3 Å². The third-order valence-corrected chi connectivity index (χ3v) is 2.71. The van der Waals surface area contributed by atoms with Crippen LogP contribution in [0.1, 0.15) is 16.7 Å². The molecule has 0 aliphatic rings. The second-order valence-corrected chi connectivity index (χ2v) is 4.18. The van der Waals surface area contributed by atoms with E-state index in [1.807, 2.05) is 0 Å². The molecule has 21 heavy (non-hydrogen) atoms. The smallest absolute Gasteiger partial charge is 0.391 e. The van der Waals surface area contributed by atoms with Crippen LogP contribution < -0.4 is 0 Å². The van der Waals surface area contributed by atoms with Crippen LogP contribution in [0, 0.1) is 5.82 Å². The Bertz CT molecular complexity index is 638. The summed E-state index contributed by atoms with van der Waals surface area (Å²) in [5.74, 6) is -0.455. The second-order valence-electron chi connectivity index (χ2n) is 4.18. The summed E-state index contributed by atoms with van der Waals surface area (Å²) in [7, 11) is 0. The quantitative estimate of drug-likeness (QED) is 0.466. The molecule has 0 aliphatic heterocycles. The molecule has 2 nitrogen and oxygen atoms in total. The number of alkyl halides is 3. The highest BCUT2D eigenvalue weighted by molar-refractivity contribution is 5.81. The summed E-state index contributed by atoms with van der Waals surface area (Å²) in [6.07, 6.45) is -3.50. The van der Waals surface area contributed by atoms with Gasteiger partial charge in [0.15, 0.2) is 0 Å². The van der Waals surface area contributed by atoms with E-state index in [1.165, 1.54) is 36.4 Å². The SMILES string of the molecule is Fc1ccccc1CON=Cc1ccccc1C(F)(F)F. The molecule has 0 amide bonds. The van der Waals surface area contributed by atoms with Crippen molar-refractivity contribution in [2.45, 2.75) is 12.8 Å². The van der Waals surface area contributed by atoms with E-state index < -0.39 is 17.6 Å². The van der Waals surface area contributed by atoms with Crippen LogP contribution in [-0.4, -0.2) is 6.21 Å². The van der Waals surface area contributed by atoms with Gasteiger partial charge in [-0.15, -0.1) is 0 Å². The monoisotopic (exact) mass is 297 g/mol. The van der Waals surface area contributed by atoms with Gasteiger partial charge in [-0.3, -0.25) is 0 Å². The van der Waals surface area contributed by atoms with Crippen molar-refractivity contribution < 1.29 is 22.4 Å². The zero-order valence-corrected chi connectivity index (χ0v) is 10.8. The van der Waals surface area contributed by atoms with Crippen molar-refractivity contribution in [3.05, 3.63) is 71.0 Å². The molecule has 0 fully saturated rings. The number of halogens is 4. The molecule has 0 saturated carbocycles. The van der Waals surface area contributed by atoms with Gasteiger partial charge in [0.25, 0.3) is 0 Å². The molecule has 0 unspecified atom stereocenters. The third kappa shape index (κ3) is 4.05. The molecule has 0 saturated heterocycles. The van der Waals surface area contributed by atoms with Crippen molar-refractivity contribution in [1.29, 1.82) is 0 Å². The fourth-order valence-electron chi connectivity index (χ4n) is 1.68. The van der Waals surface area contributed by atoms with Crippen molar-refractivity contribution in [3.8, 4) is 0 Å². The summed E-state index contributed by atoms with van der Waals surface area (Å²) >= 11 is 0. The Kier molecular flexibility index (Phi) is 4.57. The molecule has 0 heterocycles. The van der Waals surface area contributed by atoms with Crippen molar-refractivity contribution >= 4 is 6.21 Å². The van der Waals surface area contributed by atoms with Gasteiger partial charge in [0.1, 0.15) is 12.4 Å². The van der Waals surface area contributed by atoms with Gasteiger partial charge in [0.05, 0.1) is 11.8 Å². The van der Waals surface area contributed by atoms with Gasteiger partial charge >= 0.3 is 6.18 Å². The van der Waals surface area contributed by atoms with Crippen molar-refractivity contribution in [1.82, 2.24) is 0 Å². The van der Waals surface area contributed by atoms with E-state index in [2.05, 4.69) is 5.16 Å². The Morgan fingerprint density at radius 1 is 1.00 bits per heavy atom. The number of hydrogen-bond donors (Lipinski definition) is 0. The average Bonchev–Trinajstić information content (AvgIpc) is 2.45. The lowest BCUT2D eigenvalue weighted by Crippen LogP contribution is -2.08. The second kappa shape index (κ2) is 6.39. The lowest BCUT2D eigenvalue weighted by atomic mass is 10.1. The molecule has 0 spiro atoms. The lowest BCUT2D eigenvalue weighted by molar-refractivity contribution is -0.137. The Morgan fingerprint density at radius 3 is 2.38 bits per heavy atom. The van der Waals surface area contributed by atoms with Crippen LogP contribution in [0.2, 0.25) is 0 Å². The normalized spacial score (nSPS) is 11.8. The van der Waals surface area contributed by atoms with Gasteiger partial charge in [0.2, 0.25) is 0 Å². The predicted octanol–water partition coefficient (Wildman–Crippen LogP) is 4.40. The zero-order chi connectivity index (χ0) is 15.3. The number of rotatable bonds is 4. The van der Waals surface area contributed by atoms with Crippen molar-refractivity contribution in [3.63, 3.8) is 0 Å². The number of oxime groups is 1. The standard InChI is InChI=1S/C15H11F4NO/c16-14-8-4-2-6-12(14)10-21-20-9-11-5-1-3-7-13(11)15(17,18)19/h1-9H,10H2. The average molecular weight is 297 g/mol. The molecule has 2 aromatic carbocycles. The van der Waals surface area contributed by atoms with E-state index in [-0.39, 0.29) is 17.7 Å². The van der Waals surface area contributed by atoms with E-state index in [1.54, 1.807) is 6.07 Å². The fraction of sp³-hybridized carbons (Fsp3) is 0.133. The fourth-order valence-corrected chi connectivity index (χ4v) is 1.68. The van der Waals surface area contributed by atoms with Gasteiger partial charge < -0.3 is 4.84 Å². The molecule has 6 heteroatoms. The van der Waals surface area contributed by atoms with Crippen LogP contribution in [0.3, 0.4) is 0 Å². The van der Waals surface area contributed by atoms with E-state index >= 15 is 0 Å². The van der Waals surface area contributed by atoms with Crippen LogP contribution in [0.25, 0.3) is 0 Å². The first kappa shape index (κ1) is 15.0. The van der Waals surface area contributed by atoms with E-state index in [4.69, 9.17) is 4.84 Å². The van der Waals surface area contributed by atoms with Gasteiger partial charge in [-0.05, 0) is 12.1 Å². The highest BCUT2D eigenvalue weighted by Gasteiger charge is 2.32. The molecular formula is C15H11F4NO. The lowest BCUT2D eigenvalue weighted by Gasteiger charge is -2.09. The Labute approximate surface area is 118 Å². The minimum atomic E-state index is -4.46. The topological polar surface area (TPSA) is 21.6 Å². The Balaban J connectivity index is 2.04. The van der Waals surface area contributed by atoms with Crippen LogP contribution >= 0.6 is 0 Å². The molecule has 2 rings (SSSR count). The summed E-state index contributed by atoms with van der Waals surface area (Å²) in [5, 5.41) is 3.46. The molecule has 0 N–H and O–H groups in total. The van der Waals surface area contributed by atoms with Gasteiger partial charge in [0, 0.05) is 11.1 Å². The summed E-state index contributed by atoms with van der Waals surface area (Å²) < 4.78 is 51.4. The molecule has 0 radical (unpaired) electrons. The van der Waals surface area contributed by atoms with Crippen LogP contribution in [0.15, 0.2) is 53.7 Å². The first-order valence-electron chi connectivity index (χ1n) is 6.03. The third-order valence-electron chi connectivity index (χ3n) is 2.71. The molecule has 0 aliphatic carbocycles. The molecular weight excluding hydrogens is 286 g/mol. The number of hydrogen-bond acceptors (Lipinski definition) is 2. The molecule has 110 valence electrons. The highest BCUT2D eigenvalue weighted by atomic mass is 19.4. The minimum Gasteiger partial charge on any atom is -0.391 e. The van der Waals surface area contributed by atoms with E-state index in [0.29, 0.717) is 0 Å². The first-order chi connectivity index (χ1) is 9.98. The molecule has 0 bridgehead atoms. The van der Waals surface area contributed by atoms with Crippen LogP contribution in [0.5, 0.6) is 0 Å². The number of benzene rings is 2. The summed E-state index contributed by atoms with van der Waals surface area (Å²) in [4.78, 5) is 4.83. The summed E-state index contributed by atoms with van der Waals surface area (Å²) in [6, 6.07) is 10.9. The Morgan fingerprint density at radius 2 is 1.67 bits per heavy atom. The zero-order valence-electron chi connectivity index (χ0n) is 10.8. The molecule has 0 aromatic heterocycles. The largest absolute Gasteiger partial charge is 0.417 e. The van der Waals surface area contributed by atoms with Gasteiger partial charge in [-0.1, -0.05) is 41.6 Å². The highest BCUT2D eigenvalue weighted by Crippen LogP contribution is 2.31. The summed E-state index contributed by atoms with van der Waals surface area (Å²) in [5.41, 5.74) is -0.638. The maximum absolute atomic E-state index is 13.3. The minimum absolute atomic E-state index is 0.112.